The van der Waals surface area contributed by atoms with Gasteiger partial charge in [-0.1, -0.05) is 12.8 Å². The molecule has 2 rings (SSSR count). The van der Waals surface area contributed by atoms with Crippen molar-refractivity contribution in [2.24, 2.45) is 0 Å². The Labute approximate surface area is 110 Å². The minimum absolute atomic E-state index is 0.0500. The van der Waals surface area contributed by atoms with Crippen LogP contribution in [0.2, 0.25) is 0 Å². The fourth-order valence-electron chi connectivity index (χ4n) is 2.29. The fourth-order valence-corrected chi connectivity index (χ4v) is 2.29. The zero-order valence-corrected chi connectivity index (χ0v) is 10.5. The maximum absolute atomic E-state index is 11.8. The molecule has 0 saturated heterocycles. The second-order valence-corrected chi connectivity index (χ2v) is 4.92. The monoisotopic (exact) mass is 264 g/mol. The van der Waals surface area contributed by atoms with E-state index in [1.165, 1.54) is 24.3 Å². The number of rotatable bonds is 4. The Morgan fingerprint density at radius 3 is 2.42 bits per heavy atom. The highest BCUT2D eigenvalue weighted by molar-refractivity contribution is 5.94. The van der Waals surface area contributed by atoms with Gasteiger partial charge in [-0.05, 0) is 25.0 Å². The first-order valence-corrected chi connectivity index (χ1v) is 6.25. The van der Waals surface area contributed by atoms with Crippen LogP contribution in [0.1, 0.15) is 36.0 Å². The van der Waals surface area contributed by atoms with Gasteiger partial charge in [0.05, 0.1) is 10.5 Å². The summed E-state index contributed by atoms with van der Waals surface area (Å²) < 4.78 is 0. The van der Waals surface area contributed by atoms with Gasteiger partial charge in [0.15, 0.2) is 0 Å². The van der Waals surface area contributed by atoms with Crippen molar-refractivity contribution in [3.63, 3.8) is 0 Å². The third kappa shape index (κ3) is 3.29. The number of carbonyl (C=O) groups excluding carboxylic acids is 1. The molecule has 102 valence electrons. The molecule has 1 aliphatic carbocycles. The van der Waals surface area contributed by atoms with Crippen molar-refractivity contribution in [2.75, 3.05) is 6.54 Å². The van der Waals surface area contributed by atoms with E-state index in [4.69, 9.17) is 0 Å². The molecule has 0 spiro atoms. The van der Waals surface area contributed by atoms with Gasteiger partial charge < -0.3 is 10.4 Å². The van der Waals surface area contributed by atoms with Crippen LogP contribution in [0.5, 0.6) is 0 Å². The first-order chi connectivity index (χ1) is 9.00. The number of nitrogens with zero attached hydrogens (tertiary/aromatic N) is 1. The molecule has 0 aromatic heterocycles. The molecule has 19 heavy (non-hydrogen) atoms. The smallest absolute Gasteiger partial charge is 0.269 e. The molecule has 1 aliphatic rings. The number of nitrogens with one attached hydrogen (secondary N) is 1. The second kappa shape index (κ2) is 5.36. The first-order valence-electron chi connectivity index (χ1n) is 6.25. The number of nitro benzene ring substituents is 1. The molecule has 1 amide bonds. The predicted molar refractivity (Wildman–Crippen MR) is 68.8 cm³/mol. The molecule has 0 heterocycles. The first kappa shape index (κ1) is 13.5. The van der Waals surface area contributed by atoms with Crippen LogP contribution in [0.15, 0.2) is 24.3 Å². The van der Waals surface area contributed by atoms with Crippen LogP contribution < -0.4 is 5.32 Å². The topological polar surface area (TPSA) is 92.5 Å². The Bertz CT molecular complexity index is 478. The van der Waals surface area contributed by atoms with Gasteiger partial charge in [0.1, 0.15) is 0 Å². The van der Waals surface area contributed by atoms with Crippen LogP contribution in [0.25, 0.3) is 0 Å². The van der Waals surface area contributed by atoms with Crippen LogP contribution in [-0.2, 0) is 0 Å². The van der Waals surface area contributed by atoms with Gasteiger partial charge >= 0.3 is 0 Å². The number of carbonyl (C=O) groups is 1. The summed E-state index contributed by atoms with van der Waals surface area (Å²) in [4.78, 5) is 21.8. The van der Waals surface area contributed by atoms with Crippen LogP contribution >= 0.6 is 0 Å². The van der Waals surface area contributed by atoms with Gasteiger partial charge in [0.2, 0.25) is 0 Å². The molecule has 1 aromatic rings. The number of amides is 1. The summed E-state index contributed by atoms with van der Waals surface area (Å²) in [6, 6.07) is 5.40. The van der Waals surface area contributed by atoms with Crippen molar-refractivity contribution in [3.8, 4) is 0 Å². The summed E-state index contributed by atoms with van der Waals surface area (Å²) in [5.74, 6) is -0.324. The molecular weight excluding hydrogens is 248 g/mol. The van der Waals surface area contributed by atoms with Crippen molar-refractivity contribution in [2.45, 2.75) is 31.3 Å². The maximum Gasteiger partial charge on any atom is 0.269 e. The molecule has 0 aliphatic heterocycles. The van der Waals surface area contributed by atoms with Gasteiger partial charge in [-0.15, -0.1) is 0 Å². The molecule has 6 nitrogen and oxygen atoms in total. The molecular formula is C13H16N2O4. The van der Waals surface area contributed by atoms with E-state index in [1.807, 2.05) is 0 Å². The van der Waals surface area contributed by atoms with E-state index in [1.54, 1.807) is 0 Å². The third-order valence-electron chi connectivity index (χ3n) is 3.45. The molecule has 1 aromatic carbocycles. The Morgan fingerprint density at radius 1 is 1.32 bits per heavy atom. The highest BCUT2D eigenvalue weighted by atomic mass is 16.6. The van der Waals surface area contributed by atoms with Gasteiger partial charge in [0, 0.05) is 24.2 Å². The van der Waals surface area contributed by atoms with Crippen LogP contribution in [-0.4, -0.2) is 28.1 Å². The van der Waals surface area contributed by atoms with Gasteiger partial charge in [0.25, 0.3) is 11.6 Å². The SMILES string of the molecule is O=C(NCC1(O)CCCC1)c1ccc([N+](=O)[O-])cc1. The molecule has 0 atom stereocenters. The highest BCUT2D eigenvalue weighted by Crippen LogP contribution is 2.28. The number of hydrogen-bond donors (Lipinski definition) is 2. The van der Waals surface area contributed by atoms with E-state index < -0.39 is 10.5 Å². The largest absolute Gasteiger partial charge is 0.388 e. The van der Waals surface area contributed by atoms with E-state index in [0.29, 0.717) is 18.4 Å². The standard InChI is InChI=1S/C13H16N2O4/c16-12(14-9-13(17)7-1-2-8-13)10-3-5-11(6-4-10)15(18)19/h3-6,17H,1-2,7-9H2,(H,14,16). The number of nitro groups is 1. The van der Waals surface area contributed by atoms with Crippen molar-refractivity contribution >= 4 is 11.6 Å². The number of hydrogen-bond acceptors (Lipinski definition) is 4. The summed E-state index contributed by atoms with van der Waals surface area (Å²) in [7, 11) is 0. The average molecular weight is 264 g/mol. The molecule has 2 N–H and O–H groups in total. The zero-order chi connectivity index (χ0) is 13.9. The lowest BCUT2D eigenvalue weighted by atomic mass is 10.0. The van der Waals surface area contributed by atoms with E-state index in [9.17, 15) is 20.0 Å². The third-order valence-corrected chi connectivity index (χ3v) is 3.45. The average Bonchev–Trinajstić information content (AvgIpc) is 2.83. The minimum Gasteiger partial charge on any atom is -0.388 e. The summed E-state index contributed by atoms with van der Waals surface area (Å²) in [6.45, 7) is 0.225. The quantitative estimate of drug-likeness (QED) is 0.638. The summed E-state index contributed by atoms with van der Waals surface area (Å²) >= 11 is 0. The summed E-state index contributed by atoms with van der Waals surface area (Å²) in [5, 5.41) is 23.3. The van der Waals surface area contributed by atoms with Crippen LogP contribution in [0.4, 0.5) is 5.69 Å². The molecule has 1 fully saturated rings. The molecule has 1 saturated carbocycles. The molecule has 0 unspecified atom stereocenters. The lowest BCUT2D eigenvalue weighted by Crippen LogP contribution is -2.40. The molecule has 6 heteroatoms. The summed E-state index contributed by atoms with van der Waals surface area (Å²) in [6.07, 6.45) is 3.36. The van der Waals surface area contributed by atoms with E-state index in [0.717, 1.165) is 12.8 Å². The number of aliphatic hydroxyl groups is 1. The number of benzene rings is 1. The van der Waals surface area contributed by atoms with Crippen molar-refractivity contribution in [3.05, 3.63) is 39.9 Å². The van der Waals surface area contributed by atoms with E-state index in [2.05, 4.69) is 5.32 Å². The Balaban J connectivity index is 1.94. The predicted octanol–water partition coefficient (Wildman–Crippen LogP) is 1.63. The zero-order valence-electron chi connectivity index (χ0n) is 10.5. The van der Waals surface area contributed by atoms with Crippen LogP contribution in [0, 0.1) is 10.1 Å². The normalized spacial score (nSPS) is 17.1. The Hall–Kier alpha value is -1.95. The summed E-state index contributed by atoms with van der Waals surface area (Å²) in [5.41, 5.74) is -0.491. The maximum atomic E-state index is 11.8. The second-order valence-electron chi connectivity index (χ2n) is 4.92. The van der Waals surface area contributed by atoms with Crippen molar-refractivity contribution < 1.29 is 14.8 Å². The highest BCUT2D eigenvalue weighted by Gasteiger charge is 2.31. The fraction of sp³-hybridized carbons (Fsp3) is 0.462. The molecule has 0 radical (unpaired) electrons. The lowest BCUT2D eigenvalue weighted by Gasteiger charge is -2.22. The lowest BCUT2D eigenvalue weighted by molar-refractivity contribution is -0.384. The Kier molecular flexibility index (Phi) is 3.80. The van der Waals surface area contributed by atoms with Gasteiger partial charge in [-0.3, -0.25) is 14.9 Å². The van der Waals surface area contributed by atoms with Crippen molar-refractivity contribution in [1.82, 2.24) is 5.32 Å². The Morgan fingerprint density at radius 2 is 1.89 bits per heavy atom. The van der Waals surface area contributed by atoms with Gasteiger partial charge in [-0.2, -0.15) is 0 Å². The van der Waals surface area contributed by atoms with E-state index in [-0.39, 0.29) is 18.1 Å². The van der Waals surface area contributed by atoms with Crippen LogP contribution in [0.3, 0.4) is 0 Å². The van der Waals surface area contributed by atoms with Gasteiger partial charge in [-0.25, -0.2) is 0 Å². The van der Waals surface area contributed by atoms with E-state index >= 15 is 0 Å². The molecule has 0 bridgehead atoms. The van der Waals surface area contributed by atoms with Crippen molar-refractivity contribution in [1.29, 1.82) is 0 Å². The minimum atomic E-state index is -0.795. The number of non-ortho nitro benzene ring substituents is 1.